The summed E-state index contributed by atoms with van der Waals surface area (Å²) >= 11 is 7.18. The van der Waals surface area contributed by atoms with Crippen LogP contribution in [0.5, 0.6) is 0 Å². The minimum absolute atomic E-state index is 0.0109. The number of aromatic nitrogens is 2. The molecule has 3 rings (SSSR count). The van der Waals surface area contributed by atoms with Crippen LogP contribution in [0.1, 0.15) is 24.3 Å². The monoisotopic (exact) mass is 336 g/mol. The fourth-order valence-corrected chi connectivity index (χ4v) is 3.35. The summed E-state index contributed by atoms with van der Waals surface area (Å²) < 4.78 is 0. The quantitative estimate of drug-likeness (QED) is 0.935. The molecular weight excluding hydrogens is 324 g/mol. The lowest BCUT2D eigenvalue weighted by Crippen LogP contribution is -2.24. The van der Waals surface area contributed by atoms with Crippen molar-refractivity contribution in [3.05, 3.63) is 34.3 Å². The van der Waals surface area contributed by atoms with Gasteiger partial charge in [0.1, 0.15) is 5.01 Å². The highest BCUT2D eigenvalue weighted by molar-refractivity contribution is 7.15. The van der Waals surface area contributed by atoms with Gasteiger partial charge in [-0.2, -0.15) is 0 Å². The van der Waals surface area contributed by atoms with Gasteiger partial charge in [0.2, 0.25) is 16.9 Å². The average molecular weight is 337 g/mol. The van der Waals surface area contributed by atoms with Gasteiger partial charge >= 0.3 is 0 Å². The van der Waals surface area contributed by atoms with E-state index in [1.807, 2.05) is 12.1 Å². The molecule has 22 heavy (non-hydrogen) atoms. The Bertz CT molecular complexity index is 716. The zero-order valence-electron chi connectivity index (χ0n) is 11.7. The van der Waals surface area contributed by atoms with Gasteiger partial charge in [-0.25, -0.2) is 0 Å². The highest BCUT2D eigenvalue weighted by Crippen LogP contribution is 2.34. The molecule has 1 atom stereocenters. The van der Waals surface area contributed by atoms with Crippen LogP contribution in [0.25, 0.3) is 0 Å². The Hall–Kier alpha value is -1.99. The first-order valence-corrected chi connectivity index (χ1v) is 7.89. The van der Waals surface area contributed by atoms with Crippen LogP contribution < -0.4 is 10.2 Å². The van der Waals surface area contributed by atoms with Crippen LogP contribution >= 0.6 is 22.9 Å². The van der Waals surface area contributed by atoms with Gasteiger partial charge in [-0.1, -0.05) is 22.9 Å². The Morgan fingerprint density at radius 2 is 2.09 bits per heavy atom. The van der Waals surface area contributed by atoms with Gasteiger partial charge in [-0.15, -0.1) is 10.2 Å². The van der Waals surface area contributed by atoms with E-state index >= 15 is 0 Å². The Labute approximate surface area is 136 Å². The molecule has 0 saturated carbocycles. The first-order valence-electron chi connectivity index (χ1n) is 6.70. The molecule has 1 saturated heterocycles. The number of hydrogen-bond donors (Lipinski definition) is 1. The molecule has 1 aromatic heterocycles. The summed E-state index contributed by atoms with van der Waals surface area (Å²) in [6.07, 6.45) is 0.386. The maximum Gasteiger partial charge on any atom is 0.227 e. The molecule has 2 heterocycles. The number of rotatable bonds is 3. The molecule has 1 fully saturated rings. The summed E-state index contributed by atoms with van der Waals surface area (Å²) in [5.74, 6) is -0.153. The summed E-state index contributed by atoms with van der Waals surface area (Å²) in [5.41, 5.74) is 0.823. The molecule has 0 aliphatic carbocycles. The van der Waals surface area contributed by atoms with Crippen molar-refractivity contribution in [2.45, 2.75) is 19.3 Å². The van der Waals surface area contributed by atoms with E-state index in [4.69, 9.17) is 11.6 Å². The molecule has 114 valence electrons. The summed E-state index contributed by atoms with van der Waals surface area (Å²) in [5, 5.41) is 12.5. The molecule has 8 heteroatoms. The van der Waals surface area contributed by atoms with Crippen molar-refractivity contribution in [2.24, 2.45) is 0 Å². The third-order valence-corrected chi connectivity index (χ3v) is 4.59. The van der Waals surface area contributed by atoms with Gasteiger partial charge in [-0.05, 0) is 24.3 Å². The lowest BCUT2D eigenvalue weighted by molar-refractivity contribution is -0.117. The number of halogens is 1. The second kappa shape index (κ2) is 6.02. The zero-order chi connectivity index (χ0) is 15.7. The van der Waals surface area contributed by atoms with E-state index in [2.05, 4.69) is 15.5 Å². The maximum atomic E-state index is 12.2. The lowest BCUT2D eigenvalue weighted by Gasteiger charge is -2.16. The first-order chi connectivity index (χ1) is 10.5. The predicted molar refractivity (Wildman–Crippen MR) is 85.4 cm³/mol. The number of carbonyl (C=O) groups is 2. The van der Waals surface area contributed by atoms with E-state index in [1.54, 1.807) is 17.0 Å². The lowest BCUT2D eigenvalue weighted by atomic mass is 10.1. The van der Waals surface area contributed by atoms with Crippen molar-refractivity contribution < 1.29 is 9.59 Å². The number of amides is 2. The third-order valence-electron chi connectivity index (χ3n) is 3.34. The van der Waals surface area contributed by atoms with Gasteiger partial charge in [0.15, 0.2) is 0 Å². The highest BCUT2D eigenvalue weighted by Gasteiger charge is 2.33. The molecule has 0 spiro atoms. The van der Waals surface area contributed by atoms with E-state index in [0.717, 1.165) is 10.7 Å². The van der Waals surface area contributed by atoms with Crippen molar-refractivity contribution in [2.75, 3.05) is 16.8 Å². The molecule has 1 aliphatic heterocycles. The van der Waals surface area contributed by atoms with Gasteiger partial charge < -0.3 is 10.2 Å². The van der Waals surface area contributed by atoms with Crippen LogP contribution in [0.2, 0.25) is 5.02 Å². The van der Waals surface area contributed by atoms with Crippen molar-refractivity contribution in [1.29, 1.82) is 0 Å². The van der Waals surface area contributed by atoms with E-state index in [-0.39, 0.29) is 17.7 Å². The van der Waals surface area contributed by atoms with Crippen molar-refractivity contribution in [3.8, 4) is 0 Å². The molecule has 6 nitrogen and oxygen atoms in total. The van der Waals surface area contributed by atoms with E-state index in [1.165, 1.54) is 18.3 Å². The molecule has 2 amide bonds. The summed E-state index contributed by atoms with van der Waals surface area (Å²) in [7, 11) is 0. The summed E-state index contributed by atoms with van der Waals surface area (Å²) in [6, 6.07) is 7.17. The van der Waals surface area contributed by atoms with Crippen molar-refractivity contribution in [1.82, 2.24) is 10.2 Å². The average Bonchev–Trinajstić information content (AvgIpc) is 3.06. The van der Waals surface area contributed by atoms with E-state index in [0.29, 0.717) is 23.1 Å². The minimum atomic E-state index is -0.187. The smallest absolute Gasteiger partial charge is 0.227 e. The van der Waals surface area contributed by atoms with Crippen LogP contribution in [0.3, 0.4) is 0 Å². The highest BCUT2D eigenvalue weighted by atomic mass is 35.5. The molecule has 0 unspecified atom stereocenters. The molecule has 1 aromatic carbocycles. The normalized spacial score (nSPS) is 17.8. The predicted octanol–water partition coefficient (Wildman–Crippen LogP) is 2.67. The minimum Gasteiger partial charge on any atom is -0.312 e. The number of hydrogen-bond acceptors (Lipinski definition) is 5. The van der Waals surface area contributed by atoms with E-state index in [9.17, 15) is 9.59 Å². The van der Waals surface area contributed by atoms with E-state index < -0.39 is 0 Å². The SMILES string of the molecule is CC(=O)Nc1nnc([C@@H]2CC(=O)N(c3ccc(Cl)cc3)C2)s1. The largest absolute Gasteiger partial charge is 0.312 e. The van der Waals surface area contributed by atoms with Gasteiger partial charge in [0.25, 0.3) is 0 Å². The summed E-state index contributed by atoms with van der Waals surface area (Å²) in [4.78, 5) is 24.9. The van der Waals surface area contributed by atoms with Crippen LogP contribution in [-0.2, 0) is 9.59 Å². The topological polar surface area (TPSA) is 75.2 Å². The number of anilines is 2. The molecular formula is C14H13ClN4O2S. The van der Waals surface area contributed by atoms with Gasteiger partial charge in [0.05, 0.1) is 0 Å². The third kappa shape index (κ3) is 3.10. The Morgan fingerprint density at radius 1 is 1.36 bits per heavy atom. The number of benzene rings is 1. The Morgan fingerprint density at radius 3 is 2.77 bits per heavy atom. The molecule has 2 aromatic rings. The second-order valence-electron chi connectivity index (χ2n) is 5.01. The number of carbonyl (C=O) groups excluding carboxylic acids is 2. The number of nitrogens with one attached hydrogen (secondary N) is 1. The van der Waals surface area contributed by atoms with Crippen LogP contribution in [0, 0.1) is 0 Å². The van der Waals surface area contributed by atoms with Gasteiger partial charge in [0, 0.05) is 36.5 Å². The molecule has 0 radical (unpaired) electrons. The molecule has 1 aliphatic rings. The summed E-state index contributed by atoms with van der Waals surface area (Å²) in [6.45, 7) is 1.97. The maximum absolute atomic E-state index is 12.2. The van der Waals surface area contributed by atoms with Crippen LogP contribution in [0.15, 0.2) is 24.3 Å². The first kappa shape index (κ1) is 14.9. The number of nitrogens with zero attached hydrogens (tertiary/aromatic N) is 3. The van der Waals surface area contributed by atoms with Crippen LogP contribution in [-0.4, -0.2) is 28.6 Å². The zero-order valence-corrected chi connectivity index (χ0v) is 13.3. The molecule has 1 N–H and O–H groups in total. The van der Waals surface area contributed by atoms with Crippen molar-refractivity contribution >= 4 is 45.6 Å². The van der Waals surface area contributed by atoms with Gasteiger partial charge in [-0.3, -0.25) is 9.59 Å². The standard InChI is InChI=1S/C14H13ClN4O2S/c1-8(20)16-14-18-17-13(22-14)9-6-12(21)19(7-9)11-4-2-10(15)3-5-11/h2-5,9H,6-7H2,1H3,(H,16,18,20)/t9-/m1/s1. The fraction of sp³-hybridized carbons (Fsp3) is 0.286. The van der Waals surface area contributed by atoms with Crippen molar-refractivity contribution in [3.63, 3.8) is 0 Å². The van der Waals surface area contributed by atoms with Crippen LogP contribution in [0.4, 0.5) is 10.8 Å². The fourth-order valence-electron chi connectivity index (χ4n) is 2.34. The second-order valence-corrected chi connectivity index (χ2v) is 6.45. The molecule has 0 bridgehead atoms. The Balaban J connectivity index is 1.75. The Kier molecular flexibility index (Phi) is 4.08.